The van der Waals surface area contributed by atoms with Crippen LogP contribution in [0, 0.1) is 10.8 Å². The molecule has 0 atom stereocenters. The normalized spacial score (nSPS) is 13.2. The number of aromatic nitrogens is 2. The molecule has 2 rings (SSSR count). The minimum atomic E-state index is 0.295. The lowest BCUT2D eigenvalue weighted by Crippen LogP contribution is -2.31. The highest BCUT2D eigenvalue weighted by Gasteiger charge is 2.32. The standard InChI is InChI=1S/C15H22N2S/c1-14(2,3)15(4,5)10-18-12-9-17-13-11(12)7-6-8-16-13/h6-9H,10H2,1-5H3,(H,16,17). The first-order valence-electron chi connectivity index (χ1n) is 6.36. The van der Waals surface area contributed by atoms with Crippen LogP contribution in [-0.4, -0.2) is 15.7 Å². The number of fused-ring (bicyclic) bond motifs is 1. The highest BCUT2D eigenvalue weighted by molar-refractivity contribution is 7.99. The number of aromatic amines is 1. The van der Waals surface area contributed by atoms with Crippen molar-refractivity contribution in [3.05, 3.63) is 24.5 Å². The largest absolute Gasteiger partial charge is 0.345 e. The summed E-state index contributed by atoms with van der Waals surface area (Å²) >= 11 is 1.92. The van der Waals surface area contributed by atoms with Crippen molar-refractivity contribution in [3.8, 4) is 0 Å². The minimum Gasteiger partial charge on any atom is -0.345 e. The molecule has 0 radical (unpaired) electrons. The molecule has 0 amide bonds. The Balaban J connectivity index is 2.16. The van der Waals surface area contributed by atoms with E-state index in [4.69, 9.17) is 0 Å². The Hall–Kier alpha value is -0.960. The summed E-state index contributed by atoms with van der Waals surface area (Å²) in [7, 11) is 0. The van der Waals surface area contributed by atoms with Gasteiger partial charge in [0.15, 0.2) is 0 Å². The van der Waals surface area contributed by atoms with Gasteiger partial charge in [0.25, 0.3) is 0 Å². The summed E-state index contributed by atoms with van der Waals surface area (Å²) in [5, 5.41) is 1.23. The van der Waals surface area contributed by atoms with Crippen LogP contribution in [0.3, 0.4) is 0 Å². The van der Waals surface area contributed by atoms with E-state index in [2.05, 4.69) is 56.8 Å². The smallest absolute Gasteiger partial charge is 0.138 e. The minimum absolute atomic E-state index is 0.295. The van der Waals surface area contributed by atoms with Gasteiger partial charge in [0.1, 0.15) is 5.65 Å². The molecule has 0 spiro atoms. The van der Waals surface area contributed by atoms with E-state index in [0.29, 0.717) is 10.8 Å². The van der Waals surface area contributed by atoms with E-state index in [9.17, 15) is 0 Å². The molecule has 1 N–H and O–H groups in total. The Morgan fingerprint density at radius 2 is 1.94 bits per heavy atom. The molecular formula is C15H22N2S. The summed E-state index contributed by atoms with van der Waals surface area (Å²) in [6.07, 6.45) is 3.90. The first-order valence-corrected chi connectivity index (χ1v) is 7.35. The van der Waals surface area contributed by atoms with Crippen LogP contribution < -0.4 is 0 Å². The molecule has 3 heteroatoms. The number of nitrogens with zero attached hydrogens (tertiary/aromatic N) is 1. The number of hydrogen-bond acceptors (Lipinski definition) is 2. The van der Waals surface area contributed by atoms with E-state index in [0.717, 1.165) is 11.4 Å². The molecule has 0 unspecified atom stereocenters. The average molecular weight is 262 g/mol. The van der Waals surface area contributed by atoms with Crippen LogP contribution in [0.25, 0.3) is 11.0 Å². The van der Waals surface area contributed by atoms with Gasteiger partial charge in [0.2, 0.25) is 0 Å². The monoisotopic (exact) mass is 262 g/mol. The molecule has 2 aromatic heterocycles. The van der Waals surface area contributed by atoms with Crippen LogP contribution in [-0.2, 0) is 0 Å². The molecule has 0 aliphatic heterocycles. The van der Waals surface area contributed by atoms with Gasteiger partial charge in [-0.3, -0.25) is 0 Å². The third-order valence-electron chi connectivity index (χ3n) is 4.03. The summed E-state index contributed by atoms with van der Waals surface area (Å²) in [6.45, 7) is 11.6. The Labute approximate surface area is 114 Å². The number of nitrogens with one attached hydrogen (secondary N) is 1. The molecule has 0 fully saturated rings. The molecule has 2 nitrogen and oxygen atoms in total. The Morgan fingerprint density at radius 1 is 1.22 bits per heavy atom. The van der Waals surface area contributed by atoms with Gasteiger partial charge in [-0.15, -0.1) is 11.8 Å². The average Bonchev–Trinajstić information content (AvgIpc) is 2.68. The fraction of sp³-hybridized carbons (Fsp3) is 0.533. The lowest BCUT2D eigenvalue weighted by Gasteiger charge is -2.38. The number of rotatable bonds is 3. The lowest BCUT2D eigenvalue weighted by molar-refractivity contribution is 0.162. The third-order valence-corrected chi connectivity index (χ3v) is 5.55. The highest BCUT2D eigenvalue weighted by atomic mass is 32.2. The molecule has 0 saturated carbocycles. The fourth-order valence-electron chi connectivity index (χ4n) is 1.52. The maximum Gasteiger partial charge on any atom is 0.138 e. The summed E-state index contributed by atoms with van der Waals surface area (Å²) in [5.41, 5.74) is 1.59. The second kappa shape index (κ2) is 4.61. The number of thioether (sulfide) groups is 1. The molecule has 0 aliphatic carbocycles. The van der Waals surface area contributed by atoms with E-state index in [-0.39, 0.29) is 0 Å². The van der Waals surface area contributed by atoms with E-state index in [1.54, 1.807) is 0 Å². The Bertz CT molecular complexity index is 535. The SMILES string of the molecule is CC(C)(C)C(C)(C)CSc1c[nH]c2ncccc12. The van der Waals surface area contributed by atoms with Crippen LogP contribution in [0.2, 0.25) is 0 Å². The summed E-state index contributed by atoms with van der Waals surface area (Å²) in [6, 6.07) is 4.13. The predicted octanol–water partition coefficient (Wildman–Crippen LogP) is 4.73. The zero-order chi connectivity index (χ0) is 13.4. The summed E-state index contributed by atoms with van der Waals surface area (Å²) < 4.78 is 0. The van der Waals surface area contributed by atoms with Crippen molar-refractivity contribution < 1.29 is 0 Å². The summed E-state index contributed by atoms with van der Waals surface area (Å²) in [4.78, 5) is 8.86. The van der Waals surface area contributed by atoms with Gasteiger partial charge in [-0.2, -0.15) is 0 Å². The number of pyridine rings is 1. The summed E-state index contributed by atoms with van der Waals surface area (Å²) in [5.74, 6) is 1.11. The Morgan fingerprint density at radius 3 is 2.61 bits per heavy atom. The molecule has 18 heavy (non-hydrogen) atoms. The van der Waals surface area contributed by atoms with Crippen molar-refractivity contribution in [2.45, 2.75) is 39.5 Å². The van der Waals surface area contributed by atoms with E-state index in [1.807, 2.05) is 24.0 Å². The molecule has 2 heterocycles. The van der Waals surface area contributed by atoms with Crippen molar-refractivity contribution in [2.75, 3.05) is 5.75 Å². The van der Waals surface area contributed by atoms with E-state index >= 15 is 0 Å². The molecule has 98 valence electrons. The van der Waals surface area contributed by atoms with Crippen LogP contribution in [0.15, 0.2) is 29.4 Å². The van der Waals surface area contributed by atoms with Gasteiger partial charge in [0.05, 0.1) is 0 Å². The maximum absolute atomic E-state index is 4.33. The van der Waals surface area contributed by atoms with Gasteiger partial charge >= 0.3 is 0 Å². The van der Waals surface area contributed by atoms with E-state index in [1.165, 1.54) is 10.3 Å². The quantitative estimate of drug-likeness (QED) is 0.810. The fourth-order valence-corrected chi connectivity index (χ4v) is 2.94. The molecule has 0 saturated heterocycles. The van der Waals surface area contributed by atoms with Crippen LogP contribution in [0.4, 0.5) is 0 Å². The molecular weight excluding hydrogens is 240 g/mol. The molecule has 0 aromatic carbocycles. The van der Waals surface area contributed by atoms with Crippen molar-refractivity contribution in [3.63, 3.8) is 0 Å². The maximum atomic E-state index is 4.33. The first-order chi connectivity index (χ1) is 8.31. The Kier molecular flexibility index (Phi) is 3.45. The first kappa shape index (κ1) is 13.5. The number of hydrogen-bond donors (Lipinski definition) is 1. The zero-order valence-corrected chi connectivity index (χ0v) is 12.7. The predicted molar refractivity (Wildman–Crippen MR) is 80.1 cm³/mol. The van der Waals surface area contributed by atoms with Gasteiger partial charge in [-0.25, -0.2) is 4.98 Å². The highest BCUT2D eigenvalue weighted by Crippen LogP contribution is 2.42. The van der Waals surface area contributed by atoms with Crippen molar-refractivity contribution in [1.29, 1.82) is 0 Å². The van der Waals surface area contributed by atoms with Gasteiger partial charge in [-0.05, 0) is 23.0 Å². The van der Waals surface area contributed by atoms with Gasteiger partial charge in [-0.1, -0.05) is 34.6 Å². The molecule has 0 bridgehead atoms. The van der Waals surface area contributed by atoms with Crippen molar-refractivity contribution >= 4 is 22.8 Å². The van der Waals surface area contributed by atoms with Crippen LogP contribution in [0.5, 0.6) is 0 Å². The van der Waals surface area contributed by atoms with Crippen LogP contribution in [0.1, 0.15) is 34.6 Å². The zero-order valence-electron chi connectivity index (χ0n) is 11.9. The third kappa shape index (κ3) is 2.56. The van der Waals surface area contributed by atoms with Crippen LogP contribution >= 0.6 is 11.8 Å². The second-order valence-electron chi connectivity index (χ2n) is 6.48. The van der Waals surface area contributed by atoms with Gasteiger partial charge in [0, 0.05) is 28.4 Å². The molecule has 0 aliphatic rings. The number of H-pyrrole nitrogens is 1. The van der Waals surface area contributed by atoms with E-state index < -0.39 is 0 Å². The van der Waals surface area contributed by atoms with Crippen molar-refractivity contribution in [1.82, 2.24) is 9.97 Å². The second-order valence-corrected chi connectivity index (χ2v) is 7.49. The molecule has 2 aromatic rings. The van der Waals surface area contributed by atoms with Crippen molar-refractivity contribution in [2.24, 2.45) is 10.8 Å². The topological polar surface area (TPSA) is 28.7 Å². The lowest BCUT2D eigenvalue weighted by atomic mass is 9.71. The van der Waals surface area contributed by atoms with Gasteiger partial charge < -0.3 is 4.98 Å².